The Morgan fingerprint density at radius 1 is 0.221 bits per heavy atom. The Bertz CT molecular complexity index is 3910. The zero-order chi connectivity index (χ0) is 45.0. The molecule has 0 amide bonds. The average molecular weight is 868 g/mol. The van der Waals surface area contributed by atoms with E-state index in [0.717, 1.165) is 83.5 Å². The van der Waals surface area contributed by atoms with Crippen LogP contribution < -0.4 is 0 Å². The molecular formula is C63H41N5. The van der Waals surface area contributed by atoms with Crippen LogP contribution in [0.5, 0.6) is 0 Å². The third-order valence-electron chi connectivity index (χ3n) is 13.2. The Kier molecular flexibility index (Phi) is 9.43. The third kappa shape index (κ3) is 6.68. The molecule has 0 aliphatic carbocycles. The van der Waals surface area contributed by atoms with E-state index in [1.165, 1.54) is 21.5 Å². The summed E-state index contributed by atoms with van der Waals surface area (Å²) in [6.07, 6.45) is 0. The molecule has 0 unspecified atom stereocenters. The lowest BCUT2D eigenvalue weighted by Gasteiger charge is -2.17. The number of benzene rings is 10. The highest BCUT2D eigenvalue weighted by atomic mass is 15.1. The molecule has 0 bridgehead atoms. The van der Waals surface area contributed by atoms with Gasteiger partial charge in [0.1, 0.15) is 0 Å². The van der Waals surface area contributed by atoms with Gasteiger partial charge in [0.05, 0.1) is 33.4 Å². The fourth-order valence-electron chi connectivity index (χ4n) is 10.0. The first-order chi connectivity index (χ1) is 33.7. The first-order valence-corrected chi connectivity index (χ1v) is 23.0. The Hall–Kier alpha value is -9.19. The standard InChI is InChI=1S/C63H41N5/c1-4-19-42(20-5-1)45-35-37-49(59(40-45)67-55-31-14-10-27-50(55)51-28-11-15-32-56(51)67)47-25-18-26-48(39-47)62-64-61(44-23-8-3-9-24-44)65-63(66-62)54-38-36-46(43-21-6-2-7-22-43)41-60(54)68-57-33-16-12-29-52(57)53-30-13-17-34-58(53)68/h1-41H. The van der Waals surface area contributed by atoms with Gasteiger partial charge in [0, 0.05) is 43.8 Å². The summed E-state index contributed by atoms with van der Waals surface area (Å²) >= 11 is 0. The Morgan fingerprint density at radius 2 is 0.574 bits per heavy atom. The number of hydrogen-bond donors (Lipinski definition) is 0. The fraction of sp³-hybridized carbons (Fsp3) is 0. The van der Waals surface area contributed by atoms with E-state index in [4.69, 9.17) is 15.0 Å². The summed E-state index contributed by atoms with van der Waals surface area (Å²) in [5.41, 5.74) is 16.0. The van der Waals surface area contributed by atoms with Crippen LogP contribution in [0.15, 0.2) is 249 Å². The molecular weight excluding hydrogens is 827 g/mol. The van der Waals surface area contributed by atoms with E-state index in [0.29, 0.717) is 17.5 Å². The van der Waals surface area contributed by atoms with Crippen molar-refractivity contribution < 1.29 is 0 Å². The summed E-state index contributed by atoms with van der Waals surface area (Å²) in [6, 6.07) is 88.2. The summed E-state index contributed by atoms with van der Waals surface area (Å²) in [7, 11) is 0. The molecule has 68 heavy (non-hydrogen) atoms. The van der Waals surface area contributed by atoms with Crippen molar-refractivity contribution >= 4 is 43.6 Å². The smallest absolute Gasteiger partial charge is 0.166 e. The van der Waals surface area contributed by atoms with Crippen molar-refractivity contribution in [2.75, 3.05) is 0 Å². The van der Waals surface area contributed by atoms with E-state index in [2.05, 4.69) is 240 Å². The minimum absolute atomic E-state index is 0.592. The van der Waals surface area contributed by atoms with Crippen LogP contribution in [0.4, 0.5) is 0 Å². The van der Waals surface area contributed by atoms with Crippen molar-refractivity contribution in [2.45, 2.75) is 0 Å². The van der Waals surface area contributed by atoms with Gasteiger partial charge in [-0.05, 0) is 76.3 Å². The molecule has 318 valence electrons. The molecule has 0 atom stereocenters. The van der Waals surface area contributed by atoms with Crippen molar-refractivity contribution in [1.29, 1.82) is 0 Å². The molecule has 0 saturated heterocycles. The van der Waals surface area contributed by atoms with Gasteiger partial charge in [0.2, 0.25) is 0 Å². The Balaban J connectivity index is 1.03. The maximum absolute atomic E-state index is 5.43. The molecule has 0 aliphatic heterocycles. The average Bonchev–Trinajstić information content (AvgIpc) is 3.94. The van der Waals surface area contributed by atoms with Crippen LogP contribution in [0.3, 0.4) is 0 Å². The van der Waals surface area contributed by atoms with Crippen molar-refractivity contribution in [3.8, 4) is 78.9 Å². The molecule has 3 aromatic heterocycles. The molecule has 0 saturated carbocycles. The van der Waals surface area contributed by atoms with Crippen molar-refractivity contribution in [3.63, 3.8) is 0 Å². The van der Waals surface area contributed by atoms with Crippen LogP contribution in [-0.4, -0.2) is 24.1 Å². The van der Waals surface area contributed by atoms with Crippen LogP contribution in [0.2, 0.25) is 0 Å². The summed E-state index contributed by atoms with van der Waals surface area (Å²) in [5, 5.41) is 4.82. The van der Waals surface area contributed by atoms with E-state index in [1.807, 2.05) is 18.2 Å². The van der Waals surface area contributed by atoms with Gasteiger partial charge >= 0.3 is 0 Å². The van der Waals surface area contributed by atoms with E-state index in [9.17, 15) is 0 Å². The van der Waals surface area contributed by atoms with Crippen LogP contribution in [-0.2, 0) is 0 Å². The lowest BCUT2D eigenvalue weighted by atomic mass is 9.96. The second-order valence-electron chi connectivity index (χ2n) is 17.2. The number of hydrogen-bond acceptors (Lipinski definition) is 3. The number of para-hydroxylation sites is 4. The zero-order valence-corrected chi connectivity index (χ0v) is 36.9. The number of nitrogens with zero attached hydrogens (tertiary/aromatic N) is 5. The number of fused-ring (bicyclic) bond motifs is 6. The molecule has 0 spiro atoms. The van der Waals surface area contributed by atoms with Gasteiger partial charge in [-0.3, -0.25) is 0 Å². The number of rotatable bonds is 8. The molecule has 0 radical (unpaired) electrons. The topological polar surface area (TPSA) is 48.5 Å². The fourth-order valence-corrected chi connectivity index (χ4v) is 10.0. The van der Waals surface area contributed by atoms with Crippen LogP contribution in [0, 0.1) is 0 Å². The zero-order valence-electron chi connectivity index (χ0n) is 36.9. The summed E-state index contributed by atoms with van der Waals surface area (Å²) in [6.45, 7) is 0. The first kappa shape index (κ1) is 39.2. The maximum atomic E-state index is 5.43. The van der Waals surface area contributed by atoms with E-state index in [-0.39, 0.29) is 0 Å². The summed E-state index contributed by atoms with van der Waals surface area (Å²) in [4.78, 5) is 16.0. The minimum Gasteiger partial charge on any atom is -0.309 e. The molecule has 10 aromatic carbocycles. The second kappa shape index (κ2) is 16.4. The first-order valence-electron chi connectivity index (χ1n) is 23.0. The van der Waals surface area contributed by atoms with Crippen molar-refractivity contribution in [2.24, 2.45) is 0 Å². The second-order valence-corrected chi connectivity index (χ2v) is 17.2. The Morgan fingerprint density at radius 3 is 1.06 bits per heavy atom. The molecule has 3 heterocycles. The Labute approximate surface area is 393 Å². The van der Waals surface area contributed by atoms with E-state index < -0.39 is 0 Å². The normalized spacial score (nSPS) is 11.5. The highest BCUT2D eigenvalue weighted by Gasteiger charge is 2.22. The highest BCUT2D eigenvalue weighted by Crippen LogP contribution is 2.41. The van der Waals surface area contributed by atoms with Gasteiger partial charge in [0.15, 0.2) is 17.5 Å². The SMILES string of the molecule is c1ccc(-c2ccc(-c3cccc(-c4nc(-c5ccccc5)nc(-c5ccc(-c6ccccc6)cc5-n5c6ccccc6c6ccccc65)n4)c3)c(-n3c4ccccc4c4ccccc43)c2)cc1. The summed E-state index contributed by atoms with van der Waals surface area (Å²) in [5.74, 6) is 1.79. The van der Waals surface area contributed by atoms with E-state index >= 15 is 0 Å². The van der Waals surface area contributed by atoms with Crippen LogP contribution >= 0.6 is 0 Å². The van der Waals surface area contributed by atoms with Crippen LogP contribution in [0.25, 0.3) is 123 Å². The van der Waals surface area contributed by atoms with E-state index in [1.54, 1.807) is 0 Å². The van der Waals surface area contributed by atoms with Gasteiger partial charge in [-0.2, -0.15) is 0 Å². The lowest BCUT2D eigenvalue weighted by Crippen LogP contribution is -2.04. The number of aromatic nitrogens is 5. The minimum atomic E-state index is 0.592. The van der Waals surface area contributed by atoms with Gasteiger partial charge in [-0.1, -0.05) is 200 Å². The summed E-state index contributed by atoms with van der Waals surface area (Å²) < 4.78 is 4.79. The predicted octanol–water partition coefficient (Wildman–Crippen LogP) is 16.1. The molecule has 13 aromatic rings. The maximum Gasteiger partial charge on any atom is 0.166 e. The predicted molar refractivity (Wildman–Crippen MR) is 281 cm³/mol. The molecule has 5 nitrogen and oxygen atoms in total. The monoisotopic (exact) mass is 867 g/mol. The van der Waals surface area contributed by atoms with Gasteiger partial charge in [-0.15, -0.1) is 0 Å². The highest BCUT2D eigenvalue weighted by molar-refractivity contribution is 6.11. The lowest BCUT2D eigenvalue weighted by molar-refractivity contribution is 1.06. The van der Waals surface area contributed by atoms with Gasteiger partial charge in [-0.25, -0.2) is 15.0 Å². The van der Waals surface area contributed by atoms with Gasteiger partial charge < -0.3 is 9.13 Å². The van der Waals surface area contributed by atoms with Crippen molar-refractivity contribution in [1.82, 2.24) is 24.1 Å². The largest absolute Gasteiger partial charge is 0.309 e. The molecule has 13 rings (SSSR count). The van der Waals surface area contributed by atoms with Gasteiger partial charge in [0.25, 0.3) is 0 Å². The molecule has 0 N–H and O–H groups in total. The molecule has 5 heteroatoms. The molecule has 0 fully saturated rings. The third-order valence-corrected chi connectivity index (χ3v) is 13.2. The van der Waals surface area contributed by atoms with Crippen molar-refractivity contribution in [3.05, 3.63) is 249 Å². The molecule has 0 aliphatic rings. The quantitative estimate of drug-likeness (QED) is 0.153. The van der Waals surface area contributed by atoms with Crippen LogP contribution in [0.1, 0.15) is 0 Å².